The van der Waals surface area contributed by atoms with Crippen molar-refractivity contribution >= 4 is 6.29 Å². The van der Waals surface area contributed by atoms with Crippen LogP contribution in [-0.4, -0.2) is 6.29 Å². The largest absolute Gasteiger partial charge is 0.303 e. The van der Waals surface area contributed by atoms with Gasteiger partial charge in [0.1, 0.15) is 6.29 Å². The van der Waals surface area contributed by atoms with Crippen molar-refractivity contribution in [2.75, 3.05) is 0 Å². The van der Waals surface area contributed by atoms with Gasteiger partial charge in [-0.25, -0.2) is 0 Å². The van der Waals surface area contributed by atoms with E-state index in [2.05, 4.69) is 6.92 Å². The summed E-state index contributed by atoms with van der Waals surface area (Å²) in [6.45, 7) is 2.07. The topological polar surface area (TPSA) is 17.1 Å². The summed E-state index contributed by atoms with van der Waals surface area (Å²) < 4.78 is 0. The molecule has 0 atom stereocenters. The molecule has 0 aromatic carbocycles. The van der Waals surface area contributed by atoms with Gasteiger partial charge in [0.2, 0.25) is 0 Å². The van der Waals surface area contributed by atoms with Gasteiger partial charge in [0, 0.05) is 42.0 Å². The maximum absolute atomic E-state index is 9.56. The Hall–Kier alpha value is 0.774. The van der Waals surface area contributed by atoms with Crippen LogP contribution in [0.1, 0.15) is 26.2 Å². The Bertz CT molecular complexity index is 41.4. The van der Waals surface area contributed by atoms with E-state index in [1.807, 2.05) is 0 Å². The molecule has 0 heterocycles. The zero-order valence-corrected chi connectivity index (χ0v) is 7.51. The quantitative estimate of drug-likeness (QED) is 0.375. The molecule has 8 heavy (non-hydrogen) atoms. The van der Waals surface area contributed by atoms with Crippen molar-refractivity contribution in [2.24, 2.45) is 0 Å². The smallest absolute Gasteiger partial charge is 0.119 e. The van der Waals surface area contributed by atoms with Crippen LogP contribution in [0.15, 0.2) is 0 Å². The van der Waals surface area contributed by atoms with Crippen molar-refractivity contribution in [3.05, 3.63) is 0 Å². The van der Waals surface area contributed by atoms with Gasteiger partial charge >= 0.3 is 0 Å². The van der Waals surface area contributed by atoms with E-state index in [4.69, 9.17) is 0 Å². The van der Waals surface area contributed by atoms with E-state index >= 15 is 0 Å². The van der Waals surface area contributed by atoms with Gasteiger partial charge in [-0.3, -0.25) is 0 Å². The standard InChI is InChI=1S/C5H10O.Mn.V/c1-2-3-4-5-6;;/h5H,2-4H2,1H3;;. The van der Waals surface area contributed by atoms with Crippen LogP contribution >= 0.6 is 0 Å². The van der Waals surface area contributed by atoms with E-state index < -0.39 is 0 Å². The van der Waals surface area contributed by atoms with Crippen LogP contribution in [0.4, 0.5) is 0 Å². The fourth-order valence-corrected chi connectivity index (χ4v) is 0.287. The average molecular weight is 192 g/mol. The summed E-state index contributed by atoms with van der Waals surface area (Å²) in [6, 6.07) is 0. The Kier molecular flexibility index (Phi) is 31.1. The summed E-state index contributed by atoms with van der Waals surface area (Å²) >= 11 is 0. The molecule has 0 aliphatic heterocycles. The maximum Gasteiger partial charge on any atom is 0.119 e. The summed E-state index contributed by atoms with van der Waals surface area (Å²) in [4.78, 5) is 9.56. The second-order valence-electron chi connectivity index (χ2n) is 1.31. The molecule has 0 aromatic rings. The first-order valence-electron chi connectivity index (χ1n) is 2.35. The first-order chi connectivity index (χ1) is 2.91. The first kappa shape index (κ1) is 15.9. The van der Waals surface area contributed by atoms with Gasteiger partial charge in [-0.05, 0) is 6.42 Å². The number of carbonyl (C=O) groups excluding carboxylic acids is 1. The second-order valence-corrected chi connectivity index (χ2v) is 1.31. The Balaban J connectivity index is -0.000000125. The number of unbranched alkanes of at least 4 members (excludes halogenated alkanes) is 2. The predicted molar refractivity (Wildman–Crippen MR) is 25.6 cm³/mol. The molecule has 0 saturated carbocycles. The third kappa shape index (κ3) is 15.9. The third-order valence-corrected chi connectivity index (χ3v) is 0.676. The van der Waals surface area contributed by atoms with Gasteiger partial charge in [0.15, 0.2) is 0 Å². The Labute approximate surface area is 73.0 Å². The van der Waals surface area contributed by atoms with Gasteiger partial charge in [0.05, 0.1) is 0 Å². The summed E-state index contributed by atoms with van der Waals surface area (Å²) in [6.07, 6.45) is 3.86. The molecule has 0 N–H and O–H groups in total. The van der Waals surface area contributed by atoms with Gasteiger partial charge in [0.25, 0.3) is 0 Å². The van der Waals surface area contributed by atoms with Crippen molar-refractivity contribution in [1.82, 2.24) is 0 Å². The van der Waals surface area contributed by atoms with Crippen molar-refractivity contribution in [2.45, 2.75) is 26.2 Å². The van der Waals surface area contributed by atoms with E-state index in [1.54, 1.807) is 0 Å². The molecule has 0 saturated heterocycles. The molecule has 0 unspecified atom stereocenters. The molecule has 48 valence electrons. The molecular formula is C5H10MnOV. The van der Waals surface area contributed by atoms with Crippen LogP contribution in [-0.2, 0) is 40.4 Å². The molecule has 0 amide bonds. The fraction of sp³-hybridized carbons (Fsp3) is 0.800. The maximum atomic E-state index is 9.56. The van der Waals surface area contributed by atoms with Gasteiger partial charge in [-0.15, -0.1) is 0 Å². The Morgan fingerprint density at radius 3 is 2.12 bits per heavy atom. The third-order valence-electron chi connectivity index (χ3n) is 0.676. The molecule has 3 heteroatoms. The van der Waals surface area contributed by atoms with E-state index in [1.165, 1.54) is 0 Å². The van der Waals surface area contributed by atoms with Crippen molar-refractivity contribution in [1.29, 1.82) is 0 Å². The molecule has 0 spiro atoms. The monoisotopic (exact) mass is 192 g/mol. The minimum Gasteiger partial charge on any atom is -0.303 e. The molecule has 0 fully saturated rings. The molecule has 0 aromatic heterocycles. The molecule has 0 aliphatic carbocycles. The molecule has 0 rings (SSSR count). The molecule has 2 radical (unpaired) electrons. The SMILES string of the molecule is CCCCC=O.[Mn].[V]. The number of hydrogen-bond donors (Lipinski definition) is 0. The molecule has 0 bridgehead atoms. The van der Waals surface area contributed by atoms with Crippen LogP contribution in [0.5, 0.6) is 0 Å². The zero-order valence-electron chi connectivity index (χ0n) is 4.93. The number of carbonyl (C=O) groups is 1. The normalized spacial score (nSPS) is 6.12. The van der Waals surface area contributed by atoms with Crippen molar-refractivity contribution < 1.29 is 40.4 Å². The van der Waals surface area contributed by atoms with Crippen molar-refractivity contribution in [3.63, 3.8) is 0 Å². The summed E-state index contributed by atoms with van der Waals surface area (Å²) in [5, 5.41) is 0. The van der Waals surface area contributed by atoms with Crippen LogP contribution in [0.3, 0.4) is 0 Å². The van der Waals surface area contributed by atoms with E-state index in [0.717, 1.165) is 25.5 Å². The zero-order chi connectivity index (χ0) is 4.83. The summed E-state index contributed by atoms with van der Waals surface area (Å²) in [5.74, 6) is 0. The number of aldehydes is 1. The van der Waals surface area contributed by atoms with Gasteiger partial charge in [-0.2, -0.15) is 0 Å². The number of hydrogen-bond acceptors (Lipinski definition) is 1. The van der Waals surface area contributed by atoms with E-state index in [9.17, 15) is 4.79 Å². The summed E-state index contributed by atoms with van der Waals surface area (Å²) in [5.41, 5.74) is 0. The molecular weight excluding hydrogens is 182 g/mol. The predicted octanol–water partition coefficient (Wildman–Crippen LogP) is 1.37. The van der Waals surface area contributed by atoms with Gasteiger partial charge < -0.3 is 4.79 Å². The van der Waals surface area contributed by atoms with Crippen LogP contribution < -0.4 is 0 Å². The second kappa shape index (κ2) is 15.7. The van der Waals surface area contributed by atoms with Crippen LogP contribution in [0.25, 0.3) is 0 Å². The average Bonchev–Trinajstić information content (AvgIpc) is 1.61. The fourth-order valence-electron chi connectivity index (χ4n) is 0.287. The Morgan fingerprint density at radius 1 is 1.50 bits per heavy atom. The first-order valence-corrected chi connectivity index (χ1v) is 2.35. The van der Waals surface area contributed by atoms with E-state index in [0.29, 0.717) is 0 Å². The molecule has 1 nitrogen and oxygen atoms in total. The van der Waals surface area contributed by atoms with Gasteiger partial charge in [-0.1, -0.05) is 13.3 Å². The van der Waals surface area contributed by atoms with Crippen LogP contribution in [0.2, 0.25) is 0 Å². The molecule has 0 aliphatic rings. The number of rotatable bonds is 3. The minimum absolute atomic E-state index is 0. The van der Waals surface area contributed by atoms with Crippen molar-refractivity contribution in [3.8, 4) is 0 Å². The minimum atomic E-state index is 0. The Morgan fingerprint density at radius 2 is 2.00 bits per heavy atom. The van der Waals surface area contributed by atoms with Crippen LogP contribution in [0, 0.1) is 0 Å². The van der Waals surface area contributed by atoms with E-state index in [-0.39, 0.29) is 35.6 Å². The summed E-state index contributed by atoms with van der Waals surface area (Å²) in [7, 11) is 0.